The Morgan fingerprint density at radius 3 is 2.29 bits per heavy atom. The summed E-state index contributed by atoms with van der Waals surface area (Å²) in [5, 5.41) is 3.41. The van der Waals surface area contributed by atoms with Crippen molar-refractivity contribution in [1.29, 1.82) is 0 Å². The van der Waals surface area contributed by atoms with E-state index < -0.39 is 0 Å². The van der Waals surface area contributed by atoms with E-state index in [9.17, 15) is 0 Å². The van der Waals surface area contributed by atoms with Crippen LogP contribution in [0.5, 0.6) is 0 Å². The largest absolute Gasteiger partial charge is 0.333 e. The van der Waals surface area contributed by atoms with Crippen LogP contribution in [0.4, 0.5) is 0 Å². The lowest BCUT2D eigenvalue weighted by atomic mass is 9.99. The zero-order chi connectivity index (χ0) is 15.4. The first-order valence-electron chi connectivity index (χ1n) is 7.75. The van der Waals surface area contributed by atoms with Crippen molar-refractivity contribution in [2.75, 3.05) is 7.05 Å². The monoisotopic (exact) mass is 285 g/mol. The molecule has 0 aliphatic carbocycles. The highest BCUT2D eigenvalue weighted by molar-refractivity contribution is 5.25. The van der Waals surface area contributed by atoms with Crippen LogP contribution in [-0.2, 0) is 13.0 Å². The lowest BCUT2D eigenvalue weighted by molar-refractivity contribution is 0.494. The molecule has 1 heterocycles. The van der Waals surface area contributed by atoms with Gasteiger partial charge in [-0.05, 0) is 44.4 Å². The molecule has 0 bridgehead atoms. The predicted octanol–water partition coefficient (Wildman–Crippen LogP) is 3.66. The normalized spacial score (nSPS) is 12.9. The first kappa shape index (κ1) is 15.8. The number of imidazole rings is 1. The van der Waals surface area contributed by atoms with Gasteiger partial charge >= 0.3 is 0 Å². The van der Waals surface area contributed by atoms with Crippen LogP contribution in [0.15, 0.2) is 30.6 Å². The summed E-state index contributed by atoms with van der Waals surface area (Å²) in [7, 11) is 2.02. The maximum Gasteiger partial charge on any atom is 0.0952 e. The maximum atomic E-state index is 4.38. The molecule has 0 saturated heterocycles. The lowest BCUT2D eigenvalue weighted by Crippen LogP contribution is -2.22. The van der Waals surface area contributed by atoms with Crippen molar-refractivity contribution in [2.45, 2.75) is 46.7 Å². The van der Waals surface area contributed by atoms with Crippen LogP contribution < -0.4 is 5.32 Å². The number of nitrogens with one attached hydrogen (secondary N) is 1. The summed E-state index contributed by atoms with van der Waals surface area (Å²) >= 11 is 0. The molecule has 3 nitrogen and oxygen atoms in total. The Balaban J connectivity index is 2.12. The Morgan fingerprint density at radius 1 is 1.14 bits per heavy atom. The third-order valence-electron chi connectivity index (χ3n) is 4.10. The van der Waals surface area contributed by atoms with Crippen LogP contribution in [0.2, 0.25) is 0 Å². The molecule has 2 rings (SSSR count). The first-order chi connectivity index (χ1) is 10.0. The van der Waals surface area contributed by atoms with Gasteiger partial charge in [0, 0.05) is 18.3 Å². The van der Waals surface area contributed by atoms with Crippen LogP contribution in [0, 0.1) is 19.8 Å². The molecule has 1 atom stereocenters. The molecule has 1 unspecified atom stereocenters. The fourth-order valence-electron chi connectivity index (χ4n) is 2.65. The summed E-state index contributed by atoms with van der Waals surface area (Å²) in [5.74, 6) is 0.701. The second-order valence-electron chi connectivity index (χ2n) is 6.25. The molecule has 3 heteroatoms. The molecule has 0 aliphatic rings. The predicted molar refractivity (Wildman–Crippen MR) is 88.5 cm³/mol. The highest BCUT2D eigenvalue weighted by Crippen LogP contribution is 2.18. The highest BCUT2D eigenvalue weighted by atomic mass is 15.1. The number of nitrogens with zero attached hydrogens (tertiary/aromatic N) is 2. The smallest absolute Gasteiger partial charge is 0.0952 e. The maximum absolute atomic E-state index is 4.38. The third-order valence-corrected chi connectivity index (χ3v) is 4.10. The van der Waals surface area contributed by atoms with Gasteiger partial charge in [0.05, 0.1) is 12.0 Å². The Morgan fingerprint density at radius 2 is 1.81 bits per heavy atom. The third kappa shape index (κ3) is 3.94. The molecule has 114 valence electrons. The molecular formula is C18H27N3. The first-order valence-corrected chi connectivity index (χ1v) is 7.75. The highest BCUT2D eigenvalue weighted by Gasteiger charge is 2.12. The number of aryl methyl sites for hydroxylation is 1. The summed E-state index contributed by atoms with van der Waals surface area (Å²) < 4.78 is 2.22. The number of benzene rings is 1. The zero-order valence-electron chi connectivity index (χ0n) is 13.9. The molecule has 0 aliphatic heterocycles. The molecule has 1 aromatic heterocycles. The minimum atomic E-state index is 0.311. The van der Waals surface area contributed by atoms with Gasteiger partial charge in [-0.25, -0.2) is 4.98 Å². The van der Waals surface area contributed by atoms with Crippen molar-refractivity contribution in [3.63, 3.8) is 0 Å². The summed E-state index contributed by atoms with van der Waals surface area (Å²) in [4.78, 5) is 4.38. The Labute approximate surface area is 128 Å². The van der Waals surface area contributed by atoms with Crippen molar-refractivity contribution in [3.8, 4) is 0 Å². The molecule has 0 fully saturated rings. The number of hydrogen-bond acceptors (Lipinski definition) is 2. The fraction of sp³-hybridized carbons (Fsp3) is 0.500. The van der Waals surface area contributed by atoms with E-state index in [-0.39, 0.29) is 0 Å². The SMILES string of the molecule is CNC(Cn1cnc(C)c1C)c1ccc(CC(C)C)cc1. The zero-order valence-corrected chi connectivity index (χ0v) is 13.9. The molecule has 1 N–H and O–H groups in total. The van der Waals surface area contributed by atoms with E-state index in [4.69, 9.17) is 0 Å². The molecule has 21 heavy (non-hydrogen) atoms. The van der Waals surface area contributed by atoms with Crippen molar-refractivity contribution >= 4 is 0 Å². The molecule has 0 radical (unpaired) electrons. The standard InChI is InChI=1S/C18H27N3/c1-13(2)10-16-6-8-17(9-7-16)18(19-5)11-21-12-20-14(3)15(21)4/h6-9,12-13,18-19H,10-11H2,1-5H3. The topological polar surface area (TPSA) is 29.9 Å². The fourth-order valence-corrected chi connectivity index (χ4v) is 2.65. The minimum Gasteiger partial charge on any atom is -0.333 e. The average Bonchev–Trinajstić information content (AvgIpc) is 2.77. The van der Waals surface area contributed by atoms with Gasteiger partial charge in [0.2, 0.25) is 0 Å². The quantitative estimate of drug-likeness (QED) is 0.878. The molecule has 0 spiro atoms. The van der Waals surface area contributed by atoms with E-state index in [1.165, 1.54) is 16.8 Å². The van der Waals surface area contributed by atoms with Gasteiger partial charge < -0.3 is 9.88 Å². The molecular weight excluding hydrogens is 258 g/mol. The van der Waals surface area contributed by atoms with Crippen molar-refractivity contribution in [1.82, 2.24) is 14.9 Å². The van der Waals surface area contributed by atoms with E-state index in [0.717, 1.165) is 18.7 Å². The van der Waals surface area contributed by atoms with E-state index in [0.29, 0.717) is 12.0 Å². The van der Waals surface area contributed by atoms with Gasteiger partial charge in [0.1, 0.15) is 0 Å². The van der Waals surface area contributed by atoms with E-state index in [1.807, 2.05) is 13.4 Å². The molecule has 0 amide bonds. The van der Waals surface area contributed by atoms with Crippen molar-refractivity contribution < 1.29 is 0 Å². The van der Waals surface area contributed by atoms with Crippen molar-refractivity contribution in [2.24, 2.45) is 5.92 Å². The van der Waals surface area contributed by atoms with Crippen LogP contribution in [0.25, 0.3) is 0 Å². The summed E-state index contributed by atoms with van der Waals surface area (Å²) in [6.07, 6.45) is 3.08. The number of aromatic nitrogens is 2. The van der Waals surface area contributed by atoms with Gasteiger partial charge in [-0.2, -0.15) is 0 Å². The molecule has 0 saturated carbocycles. The van der Waals surface area contributed by atoms with Crippen molar-refractivity contribution in [3.05, 3.63) is 53.1 Å². The Hall–Kier alpha value is -1.61. The van der Waals surface area contributed by atoms with Crippen LogP contribution >= 0.6 is 0 Å². The summed E-state index contributed by atoms with van der Waals surface area (Å²) in [6, 6.07) is 9.32. The Bertz CT molecular complexity index is 567. The lowest BCUT2D eigenvalue weighted by Gasteiger charge is -2.19. The minimum absolute atomic E-state index is 0.311. The summed E-state index contributed by atoms with van der Waals surface area (Å²) in [5.41, 5.74) is 5.10. The number of hydrogen-bond donors (Lipinski definition) is 1. The average molecular weight is 285 g/mol. The van der Waals surface area contributed by atoms with Crippen LogP contribution in [-0.4, -0.2) is 16.6 Å². The number of likely N-dealkylation sites (N-methyl/N-ethyl adjacent to an activating group) is 1. The van der Waals surface area contributed by atoms with Crippen LogP contribution in [0.1, 0.15) is 42.4 Å². The van der Waals surface area contributed by atoms with Gasteiger partial charge in [-0.1, -0.05) is 38.1 Å². The summed E-state index contributed by atoms with van der Waals surface area (Å²) in [6.45, 7) is 9.61. The van der Waals surface area contributed by atoms with Gasteiger partial charge in [-0.15, -0.1) is 0 Å². The van der Waals surface area contributed by atoms with Crippen LogP contribution in [0.3, 0.4) is 0 Å². The Kier molecular flexibility index (Phi) is 5.18. The molecule has 2 aromatic rings. The van der Waals surface area contributed by atoms with E-state index in [1.54, 1.807) is 0 Å². The second-order valence-corrected chi connectivity index (χ2v) is 6.25. The van der Waals surface area contributed by atoms with Gasteiger partial charge in [-0.3, -0.25) is 0 Å². The van der Waals surface area contributed by atoms with E-state index >= 15 is 0 Å². The van der Waals surface area contributed by atoms with E-state index in [2.05, 4.69) is 66.8 Å². The second kappa shape index (κ2) is 6.90. The number of rotatable bonds is 6. The molecule has 1 aromatic carbocycles. The van der Waals surface area contributed by atoms with Gasteiger partial charge in [0.15, 0.2) is 0 Å². The van der Waals surface area contributed by atoms with Gasteiger partial charge in [0.25, 0.3) is 0 Å².